The molecule has 2 amide bonds. The lowest BCUT2D eigenvalue weighted by molar-refractivity contribution is 0.187. The van der Waals surface area contributed by atoms with Gasteiger partial charge in [0, 0.05) is 29.8 Å². The zero-order valence-corrected chi connectivity index (χ0v) is 13.4. The van der Waals surface area contributed by atoms with Gasteiger partial charge in [0.05, 0.1) is 6.04 Å². The van der Waals surface area contributed by atoms with Crippen molar-refractivity contribution in [2.24, 2.45) is 0 Å². The molecule has 1 unspecified atom stereocenters. The lowest BCUT2D eigenvalue weighted by Gasteiger charge is -2.25. The van der Waals surface area contributed by atoms with E-state index in [4.69, 9.17) is 16.7 Å². The molecule has 0 aromatic heterocycles. The van der Waals surface area contributed by atoms with Gasteiger partial charge in [0.25, 0.3) is 0 Å². The average molecular weight is 329 g/mol. The molecule has 1 saturated carbocycles. The molecule has 122 valence electrons. The zero-order valence-electron chi connectivity index (χ0n) is 12.7. The van der Waals surface area contributed by atoms with E-state index in [1.165, 1.54) is 6.07 Å². The molecule has 0 bridgehead atoms. The van der Waals surface area contributed by atoms with E-state index in [9.17, 15) is 9.18 Å². The highest BCUT2D eigenvalue weighted by atomic mass is 35.5. The summed E-state index contributed by atoms with van der Waals surface area (Å²) in [4.78, 5) is 14.2. The summed E-state index contributed by atoms with van der Waals surface area (Å²) in [6.45, 7) is 2.46. The number of carbonyl (C=O) groups is 1. The van der Waals surface area contributed by atoms with Gasteiger partial charge >= 0.3 is 6.03 Å². The second kappa shape index (κ2) is 7.79. The Morgan fingerprint density at radius 3 is 2.82 bits per heavy atom. The number of amides is 2. The van der Waals surface area contributed by atoms with E-state index in [-0.39, 0.29) is 18.7 Å². The summed E-state index contributed by atoms with van der Waals surface area (Å²) >= 11 is 6.03. The van der Waals surface area contributed by atoms with E-state index in [1.807, 2.05) is 0 Å². The fourth-order valence-electron chi connectivity index (χ4n) is 2.49. The topological polar surface area (TPSA) is 52.6 Å². The fourth-order valence-corrected chi connectivity index (χ4v) is 2.82. The molecule has 4 nitrogen and oxygen atoms in total. The molecule has 1 fully saturated rings. The molecular formula is C16H22ClFN2O2. The number of benzene rings is 1. The molecule has 6 heteroatoms. The Morgan fingerprint density at radius 1 is 1.50 bits per heavy atom. The van der Waals surface area contributed by atoms with Gasteiger partial charge in [-0.05, 0) is 44.7 Å². The number of urea groups is 1. The maximum Gasteiger partial charge on any atom is 0.318 e. The Kier molecular flexibility index (Phi) is 6.03. The van der Waals surface area contributed by atoms with Crippen LogP contribution in [0.5, 0.6) is 0 Å². The molecule has 1 aromatic carbocycles. The van der Waals surface area contributed by atoms with E-state index in [0.717, 1.165) is 19.3 Å². The first-order valence-corrected chi connectivity index (χ1v) is 8.04. The van der Waals surface area contributed by atoms with Crippen molar-refractivity contribution in [3.05, 3.63) is 34.6 Å². The predicted octanol–water partition coefficient (Wildman–Crippen LogP) is 3.49. The Hall–Kier alpha value is -1.33. The number of nitrogens with zero attached hydrogens (tertiary/aromatic N) is 1. The standard InChI is InChI=1S/C16H22ClFN2O2/c1-11(15-13(17)5-4-6-14(15)18)19-16(22)20(12-7-8-12)9-2-3-10-21/h4-6,11-12,21H,2-3,7-10H2,1H3,(H,19,22). The van der Waals surface area contributed by atoms with Crippen LogP contribution in [0.15, 0.2) is 18.2 Å². The highest BCUT2D eigenvalue weighted by molar-refractivity contribution is 6.31. The zero-order chi connectivity index (χ0) is 16.1. The van der Waals surface area contributed by atoms with Crippen molar-refractivity contribution in [2.45, 2.75) is 44.7 Å². The highest BCUT2D eigenvalue weighted by Gasteiger charge is 2.33. The Balaban J connectivity index is 1.99. The maximum absolute atomic E-state index is 13.9. The van der Waals surface area contributed by atoms with Gasteiger partial charge in [-0.25, -0.2) is 9.18 Å². The molecule has 2 rings (SSSR count). The molecule has 1 aliphatic carbocycles. The number of nitrogens with one attached hydrogen (secondary N) is 1. The van der Waals surface area contributed by atoms with Gasteiger partial charge in [-0.3, -0.25) is 0 Å². The molecule has 0 radical (unpaired) electrons. The number of rotatable bonds is 7. The second-order valence-corrected chi connectivity index (χ2v) is 6.07. The quantitative estimate of drug-likeness (QED) is 0.753. The molecule has 0 spiro atoms. The van der Waals surface area contributed by atoms with E-state index in [1.54, 1.807) is 24.0 Å². The van der Waals surface area contributed by atoms with Crippen molar-refractivity contribution in [3.63, 3.8) is 0 Å². The smallest absolute Gasteiger partial charge is 0.318 e. The molecule has 0 aliphatic heterocycles. The molecule has 1 aromatic rings. The van der Waals surface area contributed by atoms with E-state index < -0.39 is 11.9 Å². The Morgan fingerprint density at radius 2 is 2.23 bits per heavy atom. The van der Waals surface area contributed by atoms with Crippen molar-refractivity contribution in [1.29, 1.82) is 0 Å². The number of aliphatic hydroxyl groups excluding tert-OH is 1. The van der Waals surface area contributed by atoms with Crippen LogP contribution in [-0.2, 0) is 0 Å². The lowest BCUT2D eigenvalue weighted by atomic mass is 10.1. The third kappa shape index (κ3) is 4.34. The van der Waals surface area contributed by atoms with Crippen LogP contribution in [0, 0.1) is 5.82 Å². The van der Waals surface area contributed by atoms with Crippen molar-refractivity contribution in [2.75, 3.05) is 13.2 Å². The van der Waals surface area contributed by atoms with Gasteiger partial charge in [0.15, 0.2) is 0 Å². The van der Waals surface area contributed by atoms with Gasteiger partial charge in [-0.15, -0.1) is 0 Å². The normalized spacial score (nSPS) is 15.5. The third-order valence-electron chi connectivity index (χ3n) is 3.83. The van der Waals surface area contributed by atoms with Crippen LogP contribution in [0.3, 0.4) is 0 Å². The van der Waals surface area contributed by atoms with E-state index >= 15 is 0 Å². The molecule has 2 N–H and O–H groups in total. The summed E-state index contributed by atoms with van der Waals surface area (Å²) < 4.78 is 13.9. The summed E-state index contributed by atoms with van der Waals surface area (Å²) in [5.74, 6) is -0.418. The minimum Gasteiger partial charge on any atom is -0.396 e. The summed E-state index contributed by atoms with van der Waals surface area (Å²) in [6.07, 6.45) is 3.43. The highest BCUT2D eigenvalue weighted by Crippen LogP contribution is 2.29. The fraction of sp³-hybridized carbons (Fsp3) is 0.562. The molecular weight excluding hydrogens is 307 g/mol. The summed E-state index contributed by atoms with van der Waals surface area (Å²) in [5, 5.41) is 12.0. The summed E-state index contributed by atoms with van der Waals surface area (Å²) in [7, 11) is 0. The largest absolute Gasteiger partial charge is 0.396 e. The van der Waals surface area contributed by atoms with Crippen molar-refractivity contribution in [3.8, 4) is 0 Å². The van der Waals surface area contributed by atoms with Crippen LogP contribution < -0.4 is 5.32 Å². The van der Waals surface area contributed by atoms with Crippen LogP contribution >= 0.6 is 11.6 Å². The number of halogens is 2. The van der Waals surface area contributed by atoms with Crippen molar-refractivity contribution >= 4 is 17.6 Å². The molecule has 0 heterocycles. The van der Waals surface area contributed by atoms with Crippen LogP contribution in [0.1, 0.15) is 44.2 Å². The van der Waals surface area contributed by atoms with Crippen LogP contribution in [0.2, 0.25) is 5.02 Å². The van der Waals surface area contributed by atoms with E-state index in [2.05, 4.69) is 5.32 Å². The van der Waals surface area contributed by atoms with Gasteiger partial charge in [0.2, 0.25) is 0 Å². The second-order valence-electron chi connectivity index (χ2n) is 5.66. The molecule has 1 atom stereocenters. The maximum atomic E-state index is 13.9. The van der Waals surface area contributed by atoms with Crippen LogP contribution in [-0.4, -0.2) is 35.2 Å². The SMILES string of the molecule is CC(NC(=O)N(CCCCO)C1CC1)c1c(F)cccc1Cl. The number of hydrogen-bond acceptors (Lipinski definition) is 2. The summed E-state index contributed by atoms with van der Waals surface area (Å²) in [6, 6.07) is 4.06. The van der Waals surface area contributed by atoms with Crippen LogP contribution in [0.4, 0.5) is 9.18 Å². The monoisotopic (exact) mass is 328 g/mol. The minimum absolute atomic E-state index is 0.126. The van der Waals surface area contributed by atoms with E-state index in [0.29, 0.717) is 23.6 Å². The Bertz CT molecular complexity index is 503. The number of hydrogen-bond donors (Lipinski definition) is 2. The molecule has 22 heavy (non-hydrogen) atoms. The average Bonchev–Trinajstić information content (AvgIpc) is 3.27. The number of unbranched alkanes of at least 4 members (excludes halogenated alkanes) is 1. The van der Waals surface area contributed by atoms with Gasteiger partial charge in [-0.1, -0.05) is 17.7 Å². The predicted molar refractivity (Wildman–Crippen MR) is 84.4 cm³/mol. The van der Waals surface area contributed by atoms with Gasteiger partial charge < -0.3 is 15.3 Å². The lowest BCUT2D eigenvalue weighted by Crippen LogP contribution is -2.43. The van der Waals surface area contributed by atoms with Gasteiger partial charge in [-0.2, -0.15) is 0 Å². The van der Waals surface area contributed by atoms with Gasteiger partial charge in [0.1, 0.15) is 5.82 Å². The third-order valence-corrected chi connectivity index (χ3v) is 4.16. The summed E-state index contributed by atoms with van der Waals surface area (Å²) in [5.41, 5.74) is 0.309. The van der Waals surface area contributed by atoms with Crippen molar-refractivity contribution in [1.82, 2.24) is 10.2 Å². The van der Waals surface area contributed by atoms with Crippen molar-refractivity contribution < 1.29 is 14.3 Å². The first-order valence-electron chi connectivity index (χ1n) is 7.66. The Labute approximate surface area is 135 Å². The van der Waals surface area contributed by atoms with Crippen LogP contribution in [0.25, 0.3) is 0 Å². The first-order chi connectivity index (χ1) is 10.5. The number of carbonyl (C=O) groups excluding carboxylic acids is 1. The number of aliphatic hydroxyl groups is 1. The molecule has 1 aliphatic rings. The minimum atomic E-state index is -0.500. The first kappa shape index (κ1) is 17.0. The molecule has 0 saturated heterocycles.